The van der Waals surface area contributed by atoms with E-state index in [2.05, 4.69) is 52.1 Å². The molecule has 1 N–H and O–H groups in total. The van der Waals surface area contributed by atoms with Gasteiger partial charge in [0.1, 0.15) is 0 Å². The van der Waals surface area contributed by atoms with Crippen molar-refractivity contribution >= 4 is 11.7 Å². The van der Waals surface area contributed by atoms with Gasteiger partial charge in [-0.25, -0.2) is 4.79 Å². The molecule has 3 rings (SSSR count). The lowest BCUT2D eigenvalue weighted by Gasteiger charge is -2.46. The first kappa shape index (κ1) is 17.3. The molecule has 1 saturated carbocycles. The van der Waals surface area contributed by atoms with E-state index in [1.54, 1.807) is 0 Å². The highest BCUT2D eigenvalue weighted by Crippen LogP contribution is 2.44. The van der Waals surface area contributed by atoms with Gasteiger partial charge in [-0.3, -0.25) is 4.90 Å². The zero-order valence-corrected chi connectivity index (χ0v) is 15.9. The fourth-order valence-corrected chi connectivity index (χ4v) is 4.56. The topological polar surface area (TPSA) is 32.3 Å². The average Bonchev–Trinajstić information content (AvgIpc) is 2.49. The molecule has 0 bridgehead atoms. The zero-order valence-electron chi connectivity index (χ0n) is 15.9. The van der Waals surface area contributed by atoms with Gasteiger partial charge in [-0.05, 0) is 75.6 Å². The van der Waals surface area contributed by atoms with Crippen LogP contribution >= 0.6 is 0 Å². The number of hydrogen-bond acceptors (Lipinski definition) is 1. The van der Waals surface area contributed by atoms with E-state index in [1.165, 1.54) is 36.0 Å². The van der Waals surface area contributed by atoms with Crippen LogP contribution in [0, 0.1) is 13.8 Å². The number of carbonyl (C=O) groups is 1. The van der Waals surface area contributed by atoms with Gasteiger partial charge in [-0.1, -0.05) is 32.3 Å². The number of rotatable bonds is 1. The number of nitrogens with one attached hydrogen (secondary N) is 1. The fourth-order valence-electron chi connectivity index (χ4n) is 4.56. The summed E-state index contributed by atoms with van der Waals surface area (Å²) in [5.74, 6) is 0.480. The van der Waals surface area contributed by atoms with Gasteiger partial charge in [0.15, 0.2) is 0 Å². The monoisotopic (exact) mass is 328 g/mol. The molecule has 24 heavy (non-hydrogen) atoms. The number of urea groups is 1. The SMILES string of the molecule is Cc1cc2c(cc1C)N(C(=O)NC1CCCCC1)C(C)(C)C[C@@H]2C. The number of benzene rings is 1. The smallest absolute Gasteiger partial charge is 0.322 e. The Hall–Kier alpha value is -1.51. The summed E-state index contributed by atoms with van der Waals surface area (Å²) in [7, 11) is 0. The van der Waals surface area contributed by atoms with Crippen LogP contribution < -0.4 is 10.2 Å². The Morgan fingerprint density at radius 2 is 1.75 bits per heavy atom. The van der Waals surface area contributed by atoms with Crippen LogP contribution in [0.4, 0.5) is 10.5 Å². The molecule has 2 aliphatic rings. The second kappa shape index (κ2) is 6.42. The van der Waals surface area contributed by atoms with Crippen molar-refractivity contribution in [1.29, 1.82) is 0 Å². The van der Waals surface area contributed by atoms with Crippen molar-refractivity contribution in [1.82, 2.24) is 5.32 Å². The molecule has 2 amide bonds. The summed E-state index contributed by atoms with van der Waals surface area (Å²) in [4.78, 5) is 15.2. The third-order valence-corrected chi connectivity index (χ3v) is 5.96. The average molecular weight is 329 g/mol. The van der Waals surface area contributed by atoms with Crippen LogP contribution in [0.3, 0.4) is 0 Å². The van der Waals surface area contributed by atoms with Gasteiger partial charge in [0.05, 0.1) is 0 Å². The molecule has 0 spiro atoms. The van der Waals surface area contributed by atoms with Crippen molar-refractivity contribution in [3.63, 3.8) is 0 Å². The summed E-state index contributed by atoms with van der Waals surface area (Å²) in [5, 5.41) is 3.32. The molecule has 0 aromatic heterocycles. The second-order valence-electron chi connectivity index (χ2n) is 8.53. The van der Waals surface area contributed by atoms with Crippen LogP contribution in [0.1, 0.15) is 81.9 Å². The Labute approximate surface area is 146 Å². The summed E-state index contributed by atoms with van der Waals surface area (Å²) in [5.41, 5.74) is 4.83. The van der Waals surface area contributed by atoms with E-state index in [0.717, 1.165) is 24.9 Å². The standard InChI is InChI=1S/C21H32N2O/c1-14-11-18-16(3)13-21(4,5)23(19(18)12-15(14)2)20(24)22-17-9-7-6-8-10-17/h11-12,16-17H,6-10,13H2,1-5H3,(H,22,24)/t16-/m0/s1. The lowest BCUT2D eigenvalue weighted by molar-refractivity contribution is 0.228. The molecular formula is C21H32N2O. The van der Waals surface area contributed by atoms with Gasteiger partial charge in [0.25, 0.3) is 0 Å². The number of hydrogen-bond donors (Lipinski definition) is 1. The van der Waals surface area contributed by atoms with E-state index in [4.69, 9.17) is 0 Å². The molecule has 1 aliphatic heterocycles. The van der Waals surface area contributed by atoms with Crippen molar-refractivity contribution in [2.75, 3.05) is 4.90 Å². The molecule has 1 aliphatic carbocycles. The van der Waals surface area contributed by atoms with Crippen LogP contribution in [-0.2, 0) is 0 Å². The van der Waals surface area contributed by atoms with Crippen LogP contribution in [-0.4, -0.2) is 17.6 Å². The lowest BCUT2D eigenvalue weighted by Crippen LogP contribution is -2.57. The molecule has 1 aromatic carbocycles. The third kappa shape index (κ3) is 3.18. The van der Waals surface area contributed by atoms with E-state index in [9.17, 15) is 4.79 Å². The molecule has 1 heterocycles. The number of amides is 2. The number of anilines is 1. The Kier molecular flexibility index (Phi) is 4.63. The highest BCUT2D eigenvalue weighted by Gasteiger charge is 2.40. The maximum absolute atomic E-state index is 13.2. The second-order valence-corrected chi connectivity index (χ2v) is 8.53. The maximum Gasteiger partial charge on any atom is 0.322 e. The van der Waals surface area contributed by atoms with Gasteiger partial charge < -0.3 is 5.32 Å². The highest BCUT2D eigenvalue weighted by molar-refractivity contribution is 5.95. The fraction of sp³-hybridized carbons (Fsp3) is 0.667. The molecule has 0 saturated heterocycles. The summed E-state index contributed by atoms with van der Waals surface area (Å²) < 4.78 is 0. The van der Waals surface area contributed by atoms with Crippen molar-refractivity contribution in [3.05, 3.63) is 28.8 Å². The molecule has 1 atom stereocenters. The van der Waals surface area contributed by atoms with Crippen molar-refractivity contribution in [3.8, 4) is 0 Å². The molecule has 0 radical (unpaired) electrons. The third-order valence-electron chi connectivity index (χ3n) is 5.96. The molecule has 1 aromatic rings. The van der Waals surface area contributed by atoms with Gasteiger partial charge in [-0.2, -0.15) is 0 Å². The minimum absolute atomic E-state index is 0.0864. The maximum atomic E-state index is 13.2. The first-order valence-electron chi connectivity index (χ1n) is 9.51. The summed E-state index contributed by atoms with van der Waals surface area (Å²) in [6, 6.07) is 4.92. The molecular weight excluding hydrogens is 296 g/mol. The van der Waals surface area contributed by atoms with E-state index >= 15 is 0 Å². The normalized spacial score (nSPS) is 23.7. The minimum Gasteiger partial charge on any atom is -0.335 e. The highest BCUT2D eigenvalue weighted by atomic mass is 16.2. The summed E-state index contributed by atoms with van der Waals surface area (Å²) >= 11 is 0. The van der Waals surface area contributed by atoms with E-state index < -0.39 is 0 Å². The Morgan fingerprint density at radius 1 is 1.12 bits per heavy atom. The molecule has 3 heteroatoms. The first-order chi connectivity index (χ1) is 11.3. The van der Waals surface area contributed by atoms with E-state index in [1.807, 2.05) is 4.90 Å². The predicted octanol–water partition coefficient (Wildman–Crippen LogP) is 5.44. The van der Waals surface area contributed by atoms with Gasteiger partial charge >= 0.3 is 6.03 Å². The Balaban J connectivity index is 1.94. The number of carbonyl (C=O) groups excluding carboxylic acids is 1. The quantitative estimate of drug-likeness (QED) is 0.731. The van der Waals surface area contributed by atoms with E-state index in [0.29, 0.717) is 12.0 Å². The lowest BCUT2D eigenvalue weighted by atomic mass is 9.79. The van der Waals surface area contributed by atoms with Crippen molar-refractivity contribution in [2.45, 2.75) is 90.6 Å². The van der Waals surface area contributed by atoms with Gasteiger partial charge in [0.2, 0.25) is 0 Å². The molecule has 132 valence electrons. The van der Waals surface area contributed by atoms with Gasteiger partial charge in [-0.15, -0.1) is 0 Å². The van der Waals surface area contributed by atoms with Crippen LogP contribution in [0.5, 0.6) is 0 Å². The minimum atomic E-state index is -0.160. The van der Waals surface area contributed by atoms with Crippen LogP contribution in [0.15, 0.2) is 12.1 Å². The number of nitrogens with zero attached hydrogens (tertiary/aromatic N) is 1. The number of fused-ring (bicyclic) bond motifs is 1. The summed E-state index contributed by atoms with van der Waals surface area (Å²) in [6.07, 6.45) is 7.02. The van der Waals surface area contributed by atoms with Crippen LogP contribution in [0.2, 0.25) is 0 Å². The summed E-state index contributed by atoms with van der Waals surface area (Å²) in [6.45, 7) is 11.0. The number of aryl methyl sites for hydroxylation is 2. The Morgan fingerprint density at radius 3 is 2.42 bits per heavy atom. The molecule has 3 nitrogen and oxygen atoms in total. The molecule has 1 fully saturated rings. The molecule has 0 unspecified atom stereocenters. The first-order valence-corrected chi connectivity index (χ1v) is 9.51. The van der Waals surface area contributed by atoms with Crippen molar-refractivity contribution < 1.29 is 4.79 Å². The largest absolute Gasteiger partial charge is 0.335 e. The van der Waals surface area contributed by atoms with Gasteiger partial charge in [0, 0.05) is 17.3 Å². The van der Waals surface area contributed by atoms with Crippen molar-refractivity contribution in [2.24, 2.45) is 0 Å². The zero-order chi connectivity index (χ0) is 17.5. The van der Waals surface area contributed by atoms with E-state index in [-0.39, 0.29) is 11.6 Å². The van der Waals surface area contributed by atoms with Crippen LogP contribution in [0.25, 0.3) is 0 Å². The predicted molar refractivity (Wildman–Crippen MR) is 101 cm³/mol. The Bertz CT molecular complexity index is 629.